The first-order valence-electron chi connectivity index (χ1n) is 20.1. The third-order valence-corrected chi connectivity index (χ3v) is 12.3. The van der Waals surface area contributed by atoms with Crippen LogP contribution < -0.4 is 20.1 Å². The number of benzene rings is 3. The first-order chi connectivity index (χ1) is 29.6. The Morgan fingerprint density at radius 2 is 1.50 bits per heavy atom. The summed E-state index contributed by atoms with van der Waals surface area (Å²) in [5, 5.41) is 13.5. The van der Waals surface area contributed by atoms with Gasteiger partial charge in [-0.05, 0) is 68.7 Å². The number of ether oxygens (including phenoxy) is 5. The Labute approximate surface area is 360 Å². The Morgan fingerprint density at radius 3 is 2.02 bits per heavy atom. The number of urea groups is 1. The number of alkyl halides is 3. The number of amides is 4. The Morgan fingerprint density at radius 1 is 0.919 bits per heavy atom. The number of nitrogens with one attached hydrogen (secondary N) is 2. The van der Waals surface area contributed by atoms with Crippen molar-refractivity contribution >= 4 is 26.4 Å². The van der Waals surface area contributed by atoms with Gasteiger partial charge in [-0.15, -0.1) is 0 Å². The molecule has 5 atom stereocenters. The predicted molar refractivity (Wildman–Crippen MR) is 221 cm³/mol. The van der Waals surface area contributed by atoms with Gasteiger partial charge >= 0.3 is 18.1 Å². The second kappa shape index (κ2) is 22.0. The summed E-state index contributed by atoms with van der Waals surface area (Å²) >= 11 is 0. The minimum Gasteiger partial charge on any atom is -0.497 e. The monoisotopic (exact) mass is 887 g/mol. The van der Waals surface area contributed by atoms with E-state index in [1.165, 1.54) is 4.90 Å². The average molecular weight is 888 g/mol. The molecule has 0 saturated carbocycles. The van der Waals surface area contributed by atoms with E-state index in [-0.39, 0.29) is 44.7 Å². The lowest BCUT2D eigenvalue weighted by Crippen LogP contribution is -2.57. The van der Waals surface area contributed by atoms with Crippen molar-refractivity contribution in [3.05, 3.63) is 95.6 Å². The third kappa shape index (κ3) is 11.6. The second-order valence-corrected chi connectivity index (χ2v) is 16.3. The van der Waals surface area contributed by atoms with Gasteiger partial charge in [0.15, 0.2) is 6.23 Å². The van der Waals surface area contributed by atoms with Crippen LogP contribution in [0.25, 0.3) is 0 Å². The normalized spacial score (nSPS) is 20.0. The van der Waals surface area contributed by atoms with Crippen LogP contribution in [0.3, 0.4) is 0 Å². The van der Waals surface area contributed by atoms with E-state index < -0.39 is 75.8 Å². The summed E-state index contributed by atoms with van der Waals surface area (Å²) in [5.74, 6) is -1.44. The van der Waals surface area contributed by atoms with E-state index in [4.69, 9.17) is 32.7 Å². The molecule has 0 aromatic heterocycles. The first kappa shape index (κ1) is 48.2. The molecule has 15 nitrogen and oxygen atoms in total. The zero-order valence-electron chi connectivity index (χ0n) is 35.4. The molecular formula is C43H53F3N5O10P. The van der Waals surface area contributed by atoms with E-state index in [9.17, 15) is 32.8 Å². The molecule has 2 fully saturated rings. The van der Waals surface area contributed by atoms with Crippen molar-refractivity contribution in [3.8, 4) is 17.6 Å². The van der Waals surface area contributed by atoms with Crippen LogP contribution >= 0.6 is 8.53 Å². The SMILES string of the molecule is COc1ccc(C(OC[C@H]2O[C@@H](N3CCC(=O)NC3=O)[C@H](OCCNC(=O)C(F)(F)F)[C@@H]2OP(OCCC#N)N(C(C)C)C(C)C)(c2ccccc2)c2ccc(OC)cc2)cc1. The maximum atomic E-state index is 13.5. The molecule has 3 aromatic rings. The molecule has 3 aromatic carbocycles. The fourth-order valence-electron chi connectivity index (χ4n) is 7.36. The van der Waals surface area contributed by atoms with Crippen molar-refractivity contribution in [1.82, 2.24) is 20.2 Å². The maximum Gasteiger partial charge on any atom is 0.471 e. The highest BCUT2D eigenvalue weighted by Gasteiger charge is 2.54. The zero-order valence-corrected chi connectivity index (χ0v) is 36.3. The molecule has 5 rings (SSSR count). The van der Waals surface area contributed by atoms with Crippen LogP contribution in [-0.2, 0) is 38.4 Å². The second-order valence-electron chi connectivity index (χ2n) is 14.9. The van der Waals surface area contributed by atoms with Gasteiger partial charge in [0.05, 0.1) is 46.5 Å². The molecule has 19 heteroatoms. The maximum absolute atomic E-state index is 13.5. The molecule has 4 amide bonds. The van der Waals surface area contributed by atoms with Crippen molar-refractivity contribution in [2.24, 2.45) is 0 Å². The van der Waals surface area contributed by atoms with Gasteiger partial charge in [0.1, 0.15) is 35.4 Å². The number of carbonyl (C=O) groups is 3. The summed E-state index contributed by atoms with van der Waals surface area (Å²) in [6, 6.07) is 25.3. The predicted octanol–water partition coefficient (Wildman–Crippen LogP) is 6.40. The van der Waals surface area contributed by atoms with Crippen molar-refractivity contribution in [1.29, 1.82) is 5.26 Å². The van der Waals surface area contributed by atoms with Gasteiger partial charge in [0, 0.05) is 31.6 Å². The van der Waals surface area contributed by atoms with Gasteiger partial charge < -0.3 is 38.0 Å². The third-order valence-electron chi connectivity index (χ3n) is 10.1. The van der Waals surface area contributed by atoms with Crippen LogP contribution in [-0.4, -0.2) is 117 Å². The molecule has 0 spiro atoms. The van der Waals surface area contributed by atoms with Crippen molar-refractivity contribution in [3.63, 3.8) is 0 Å². The van der Waals surface area contributed by atoms with Gasteiger partial charge in [0.2, 0.25) is 5.91 Å². The van der Waals surface area contributed by atoms with Crippen LogP contribution in [0.15, 0.2) is 78.9 Å². The highest BCUT2D eigenvalue weighted by Crippen LogP contribution is 2.50. The number of halogens is 3. The topological polar surface area (TPSA) is 170 Å². The van der Waals surface area contributed by atoms with Crippen LogP contribution in [0.1, 0.15) is 57.2 Å². The molecule has 2 aliphatic rings. The Bertz CT molecular complexity index is 1920. The number of methoxy groups -OCH3 is 2. The Kier molecular flexibility index (Phi) is 17.1. The van der Waals surface area contributed by atoms with E-state index in [1.54, 1.807) is 14.2 Å². The van der Waals surface area contributed by atoms with Gasteiger partial charge in [-0.3, -0.25) is 19.8 Å². The van der Waals surface area contributed by atoms with Crippen molar-refractivity contribution in [2.75, 3.05) is 47.1 Å². The highest BCUT2D eigenvalue weighted by atomic mass is 31.2. The first-order valence-corrected chi connectivity index (χ1v) is 21.2. The summed E-state index contributed by atoms with van der Waals surface area (Å²) in [5.41, 5.74) is 0.806. The lowest BCUT2D eigenvalue weighted by molar-refractivity contribution is -0.174. The number of imide groups is 1. The largest absolute Gasteiger partial charge is 0.497 e. The van der Waals surface area contributed by atoms with E-state index >= 15 is 0 Å². The van der Waals surface area contributed by atoms with E-state index in [2.05, 4.69) is 11.4 Å². The van der Waals surface area contributed by atoms with Crippen LogP contribution in [0, 0.1) is 11.3 Å². The standard InChI is InChI=1S/C43H53F3N5O10P/c1-28(2)51(29(3)4)62(59-25-10-22-47)61-37-35(60-39(50-24-21-36(52)49-41(50)54)38(37)57-26-23-48-40(53)43(44,45)46)27-58-42(30-11-8-7-9-12-30,31-13-17-33(55-5)18-14-31)32-15-19-34(56-6)20-16-32/h7-9,11-20,28-29,35,37-39H,10,21,23-27H2,1-6H3,(H,48,53)(H,49,52,54)/t35-,37-,38-,39-,62?/m1/s1. The minimum atomic E-state index is -5.13. The summed E-state index contributed by atoms with van der Waals surface area (Å²) in [7, 11) is 1.11. The minimum absolute atomic E-state index is 0.00795. The quantitative estimate of drug-likeness (QED) is 0.0687. The molecule has 0 aliphatic carbocycles. The van der Waals surface area contributed by atoms with Crippen LogP contribution in [0.2, 0.25) is 0 Å². The van der Waals surface area contributed by atoms with Gasteiger partial charge in [-0.2, -0.15) is 18.4 Å². The van der Waals surface area contributed by atoms with Gasteiger partial charge in [-0.25, -0.2) is 9.46 Å². The number of nitrogens with zero attached hydrogens (tertiary/aromatic N) is 3. The zero-order chi connectivity index (χ0) is 45.0. The lowest BCUT2D eigenvalue weighted by atomic mass is 9.80. The number of rotatable bonds is 21. The molecule has 62 heavy (non-hydrogen) atoms. The van der Waals surface area contributed by atoms with Gasteiger partial charge in [0.25, 0.3) is 8.53 Å². The highest BCUT2D eigenvalue weighted by molar-refractivity contribution is 7.44. The Hall–Kier alpha value is -4.86. The number of hydrogen-bond acceptors (Lipinski definition) is 12. The van der Waals surface area contributed by atoms with E-state index in [0.29, 0.717) is 22.6 Å². The fourth-order valence-corrected chi connectivity index (χ4v) is 9.13. The molecule has 2 heterocycles. The smallest absolute Gasteiger partial charge is 0.471 e. The van der Waals surface area contributed by atoms with Crippen LogP contribution in [0.5, 0.6) is 11.5 Å². The van der Waals surface area contributed by atoms with E-state index in [0.717, 1.165) is 5.56 Å². The summed E-state index contributed by atoms with van der Waals surface area (Å²) in [6.45, 7) is 6.48. The molecule has 0 radical (unpaired) electrons. The fraction of sp³-hybridized carbons (Fsp3) is 0.488. The number of carbonyl (C=O) groups excluding carboxylic acids is 3. The average Bonchev–Trinajstić information content (AvgIpc) is 3.58. The summed E-state index contributed by atoms with van der Waals surface area (Å²) < 4.78 is 85.8. The van der Waals surface area contributed by atoms with Crippen LogP contribution in [0.4, 0.5) is 18.0 Å². The molecule has 2 N–H and O–H groups in total. The Balaban J connectivity index is 1.64. The van der Waals surface area contributed by atoms with Crippen molar-refractivity contribution in [2.45, 2.75) is 88.9 Å². The lowest BCUT2D eigenvalue weighted by Gasteiger charge is -2.39. The molecule has 2 saturated heterocycles. The number of hydrogen-bond donors (Lipinski definition) is 2. The molecule has 1 unspecified atom stereocenters. The molecule has 336 valence electrons. The van der Waals surface area contributed by atoms with Crippen molar-refractivity contribution < 1.29 is 60.3 Å². The van der Waals surface area contributed by atoms with E-state index in [1.807, 2.05) is 117 Å². The molecule has 0 bridgehead atoms. The van der Waals surface area contributed by atoms with Gasteiger partial charge in [-0.1, -0.05) is 54.6 Å². The molecular weight excluding hydrogens is 834 g/mol. The number of nitriles is 1. The summed E-state index contributed by atoms with van der Waals surface area (Å²) in [4.78, 5) is 38.8. The summed E-state index contributed by atoms with van der Waals surface area (Å²) in [6.07, 6.45) is -9.88. The molecule has 2 aliphatic heterocycles.